The molecule has 0 aliphatic rings. The van der Waals surface area contributed by atoms with Crippen molar-refractivity contribution in [1.29, 1.82) is 0 Å². The maximum atomic E-state index is 13.1. The first-order valence-electron chi connectivity index (χ1n) is 9.91. The molecule has 2 aromatic carbocycles. The number of aromatic nitrogens is 2. The van der Waals surface area contributed by atoms with Crippen molar-refractivity contribution in [3.8, 4) is 16.9 Å². The quantitative estimate of drug-likeness (QED) is 0.384. The van der Waals surface area contributed by atoms with Gasteiger partial charge in [-0.05, 0) is 43.0 Å². The Morgan fingerprint density at radius 2 is 1.83 bits per heavy atom. The van der Waals surface area contributed by atoms with Gasteiger partial charge in [0.15, 0.2) is 0 Å². The second-order valence-corrected chi connectivity index (χ2v) is 8.00. The Bertz CT molecular complexity index is 1160. The summed E-state index contributed by atoms with van der Waals surface area (Å²) in [5.41, 5.74) is 4.54. The summed E-state index contributed by atoms with van der Waals surface area (Å²) in [6.07, 6.45) is 3.40. The number of benzene rings is 2. The molecule has 0 unspecified atom stereocenters. The number of thiophene rings is 1. The first-order chi connectivity index (χ1) is 14.2. The van der Waals surface area contributed by atoms with Gasteiger partial charge in [0.25, 0.3) is 5.56 Å². The van der Waals surface area contributed by atoms with E-state index in [0.717, 1.165) is 34.5 Å². The van der Waals surface area contributed by atoms with E-state index in [-0.39, 0.29) is 5.56 Å². The summed E-state index contributed by atoms with van der Waals surface area (Å²) >= 11 is 1.52. The molecule has 2 heterocycles. The number of hydrogen-bond acceptors (Lipinski definition) is 4. The monoisotopic (exact) mass is 404 g/mol. The van der Waals surface area contributed by atoms with Crippen LogP contribution in [-0.4, -0.2) is 16.2 Å². The van der Waals surface area contributed by atoms with Gasteiger partial charge in [0.05, 0.1) is 18.3 Å². The SMILES string of the molecule is CCc1ccc(-c2csc3ncn(CCCOc4ccc(C)cc4)c(=O)c23)cc1. The molecule has 0 saturated heterocycles. The van der Waals surface area contributed by atoms with Crippen molar-refractivity contribution in [2.75, 3.05) is 6.61 Å². The zero-order valence-electron chi connectivity index (χ0n) is 16.7. The molecule has 2 aromatic heterocycles. The summed E-state index contributed by atoms with van der Waals surface area (Å²) in [5, 5.41) is 2.74. The van der Waals surface area contributed by atoms with Gasteiger partial charge in [-0.1, -0.05) is 48.9 Å². The average molecular weight is 405 g/mol. The van der Waals surface area contributed by atoms with Gasteiger partial charge in [0, 0.05) is 17.5 Å². The maximum absolute atomic E-state index is 13.1. The largest absolute Gasteiger partial charge is 0.494 e. The topological polar surface area (TPSA) is 44.1 Å². The van der Waals surface area contributed by atoms with Crippen LogP contribution < -0.4 is 10.3 Å². The Balaban J connectivity index is 1.50. The summed E-state index contributed by atoms with van der Waals surface area (Å²) in [6.45, 7) is 5.33. The Labute approximate surface area is 174 Å². The highest BCUT2D eigenvalue weighted by Crippen LogP contribution is 2.30. The molecule has 0 radical (unpaired) electrons. The van der Waals surface area contributed by atoms with Crippen LogP contribution in [0.4, 0.5) is 0 Å². The molecule has 0 bridgehead atoms. The summed E-state index contributed by atoms with van der Waals surface area (Å²) in [7, 11) is 0. The van der Waals surface area contributed by atoms with Crippen LogP contribution in [0.1, 0.15) is 24.5 Å². The zero-order chi connectivity index (χ0) is 20.2. The molecular weight excluding hydrogens is 380 g/mol. The molecule has 5 heteroatoms. The van der Waals surface area contributed by atoms with Crippen LogP contribution in [0, 0.1) is 6.92 Å². The van der Waals surface area contributed by atoms with Gasteiger partial charge in [0.1, 0.15) is 10.6 Å². The van der Waals surface area contributed by atoms with E-state index >= 15 is 0 Å². The van der Waals surface area contributed by atoms with E-state index in [1.807, 2.05) is 29.6 Å². The predicted octanol–water partition coefficient (Wildman–Crippen LogP) is 5.46. The zero-order valence-corrected chi connectivity index (χ0v) is 17.5. The fourth-order valence-corrected chi connectivity index (χ4v) is 4.23. The standard InChI is InChI=1S/C24H24N2O2S/c1-3-18-7-9-19(10-8-18)21-15-29-23-22(21)24(27)26(16-25-23)13-4-14-28-20-11-5-17(2)6-12-20/h5-12,15-16H,3-4,13-14H2,1-2H3. The van der Waals surface area contributed by atoms with E-state index in [0.29, 0.717) is 18.5 Å². The third-order valence-corrected chi connectivity index (χ3v) is 5.95. The van der Waals surface area contributed by atoms with Crippen LogP contribution in [0.15, 0.2) is 65.0 Å². The highest BCUT2D eigenvalue weighted by Gasteiger charge is 2.13. The van der Waals surface area contributed by atoms with Gasteiger partial charge in [-0.25, -0.2) is 4.98 Å². The molecule has 4 aromatic rings. The lowest BCUT2D eigenvalue weighted by atomic mass is 10.0. The lowest BCUT2D eigenvalue weighted by Crippen LogP contribution is -2.21. The van der Waals surface area contributed by atoms with E-state index in [2.05, 4.69) is 43.1 Å². The third kappa shape index (κ3) is 4.25. The smallest absolute Gasteiger partial charge is 0.262 e. The second kappa shape index (κ2) is 8.62. The van der Waals surface area contributed by atoms with Crippen molar-refractivity contribution in [2.24, 2.45) is 0 Å². The van der Waals surface area contributed by atoms with Gasteiger partial charge in [0.2, 0.25) is 0 Å². The van der Waals surface area contributed by atoms with Crippen LogP contribution in [0.3, 0.4) is 0 Å². The number of rotatable bonds is 7. The minimum Gasteiger partial charge on any atom is -0.494 e. The molecule has 0 spiro atoms. The first kappa shape index (κ1) is 19.4. The van der Waals surface area contributed by atoms with Crippen molar-refractivity contribution >= 4 is 21.6 Å². The normalized spacial score (nSPS) is 11.1. The van der Waals surface area contributed by atoms with E-state index < -0.39 is 0 Å². The molecule has 0 atom stereocenters. The Kier molecular flexibility index (Phi) is 5.76. The van der Waals surface area contributed by atoms with Gasteiger partial charge in [-0.2, -0.15) is 0 Å². The lowest BCUT2D eigenvalue weighted by Gasteiger charge is -2.08. The van der Waals surface area contributed by atoms with Crippen molar-refractivity contribution in [3.63, 3.8) is 0 Å². The van der Waals surface area contributed by atoms with Crippen molar-refractivity contribution in [3.05, 3.63) is 81.7 Å². The molecule has 0 amide bonds. The number of ether oxygens (including phenoxy) is 1. The van der Waals surface area contributed by atoms with Gasteiger partial charge >= 0.3 is 0 Å². The Morgan fingerprint density at radius 3 is 2.55 bits per heavy atom. The number of hydrogen-bond donors (Lipinski definition) is 0. The first-order valence-corrected chi connectivity index (χ1v) is 10.8. The molecule has 0 aliphatic carbocycles. The Morgan fingerprint density at radius 1 is 1.07 bits per heavy atom. The minimum absolute atomic E-state index is 0.0150. The van der Waals surface area contributed by atoms with Crippen molar-refractivity contribution in [2.45, 2.75) is 33.2 Å². The van der Waals surface area contributed by atoms with E-state index in [4.69, 9.17) is 4.74 Å². The Hall–Kier alpha value is -2.92. The van der Waals surface area contributed by atoms with Crippen LogP contribution in [-0.2, 0) is 13.0 Å². The minimum atomic E-state index is 0.0150. The summed E-state index contributed by atoms with van der Waals surface area (Å²) < 4.78 is 7.47. The van der Waals surface area contributed by atoms with Crippen molar-refractivity contribution < 1.29 is 4.74 Å². The van der Waals surface area contributed by atoms with E-state index in [1.165, 1.54) is 22.5 Å². The number of aryl methyl sites for hydroxylation is 3. The molecule has 29 heavy (non-hydrogen) atoms. The molecule has 4 nitrogen and oxygen atoms in total. The second-order valence-electron chi connectivity index (χ2n) is 7.14. The highest BCUT2D eigenvalue weighted by molar-refractivity contribution is 7.17. The highest BCUT2D eigenvalue weighted by atomic mass is 32.1. The van der Waals surface area contributed by atoms with E-state index in [1.54, 1.807) is 10.9 Å². The van der Waals surface area contributed by atoms with Gasteiger partial charge in [-0.15, -0.1) is 11.3 Å². The summed E-state index contributed by atoms with van der Waals surface area (Å²) in [6, 6.07) is 16.4. The van der Waals surface area contributed by atoms with Crippen LogP contribution in [0.2, 0.25) is 0 Å². The lowest BCUT2D eigenvalue weighted by molar-refractivity contribution is 0.301. The van der Waals surface area contributed by atoms with Crippen molar-refractivity contribution in [1.82, 2.24) is 9.55 Å². The molecule has 148 valence electrons. The fourth-order valence-electron chi connectivity index (χ4n) is 3.32. The third-order valence-electron chi connectivity index (χ3n) is 5.07. The average Bonchev–Trinajstić information content (AvgIpc) is 3.19. The van der Waals surface area contributed by atoms with E-state index in [9.17, 15) is 4.79 Å². The van der Waals surface area contributed by atoms with Gasteiger partial charge < -0.3 is 4.74 Å². The molecule has 0 aliphatic heterocycles. The fraction of sp³-hybridized carbons (Fsp3) is 0.250. The molecule has 0 saturated carbocycles. The van der Waals surface area contributed by atoms with Gasteiger partial charge in [-0.3, -0.25) is 9.36 Å². The summed E-state index contributed by atoms with van der Waals surface area (Å²) in [4.78, 5) is 18.4. The van der Waals surface area contributed by atoms with Crippen LogP contribution >= 0.6 is 11.3 Å². The summed E-state index contributed by atoms with van der Waals surface area (Å²) in [5.74, 6) is 0.854. The predicted molar refractivity (Wildman–Crippen MR) is 120 cm³/mol. The molecular formula is C24H24N2O2S. The molecule has 4 rings (SSSR count). The number of nitrogens with zero attached hydrogens (tertiary/aromatic N) is 2. The number of fused-ring (bicyclic) bond motifs is 1. The molecule has 0 fully saturated rings. The maximum Gasteiger partial charge on any atom is 0.262 e. The van der Waals surface area contributed by atoms with Crippen LogP contribution in [0.5, 0.6) is 5.75 Å². The van der Waals surface area contributed by atoms with Crippen LogP contribution in [0.25, 0.3) is 21.3 Å². The molecule has 0 N–H and O–H groups in total.